The second-order valence-electron chi connectivity index (χ2n) is 4.70. The molecule has 1 N–H and O–H groups in total. The Balaban J connectivity index is 2.83. The van der Waals surface area contributed by atoms with Crippen LogP contribution in [0.2, 0.25) is 0 Å². The van der Waals surface area contributed by atoms with Gasteiger partial charge >= 0.3 is 6.61 Å². The van der Waals surface area contributed by atoms with Crippen LogP contribution in [-0.2, 0) is 0 Å². The van der Waals surface area contributed by atoms with Crippen molar-refractivity contribution in [2.45, 2.75) is 37.7 Å². The first kappa shape index (κ1) is 15.9. The van der Waals surface area contributed by atoms with E-state index in [0.29, 0.717) is 0 Å². The summed E-state index contributed by atoms with van der Waals surface area (Å²) in [5.74, 6) is -0.372. The average molecular weight is 336 g/mol. The van der Waals surface area contributed by atoms with Crippen molar-refractivity contribution in [3.8, 4) is 5.75 Å². The van der Waals surface area contributed by atoms with Gasteiger partial charge in [-0.05, 0) is 32.0 Å². The first-order valence-corrected chi connectivity index (χ1v) is 6.65. The third-order valence-corrected chi connectivity index (χ3v) is 3.90. The van der Waals surface area contributed by atoms with E-state index >= 15 is 0 Å². The molecule has 1 unspecified atom stereocenters. The van der Waals surface area contributed by atoms with Crippen molar-refractivity contribution in [1.29, 1.82) is 0 Å². The fourth-order valence-electron chi connectivity index (χ4n) is 1.28. The molecule has 0 aromatic heterocycles. The highest BCUT2D eigenvalue weighted by molar-refractivity contribution is 9.09. The fraction of sp³-hybridized carbons (Fsp3) is 0.462. The lowest BCUT2D eigenvalue weighted by atomic mass is 10.0. The topological polar surface area (TPSA) is 38.3 Å². The van der Waals surface area contributed by atoms with Gasteiger partial charge in [0.2, 0.25) is 0 Å². The van der Waals surface area contributed by atoms with Crippen LogP contribution in [0.1, 0.15) is 31.1 Å². The standard InChI is InChI=1S/C13H16BrF2NO2/c1-8(14)13(2,3)17-11(18)9-5-4-6-10(7-9)19-12(15)16/h4-8,12H,1-3H3,(H,17,18). The van der Waals surface area contributed by atoms with E-state index in [9.17, 15) is 13.6 Å². The van der Waals surface area contributed by atoms with E-state index < -0.39 is 12.2 Å². The second kappa shape index (κ2) is 6.32. The van der Waals surface area contributed by atoms with Gasteiger partial charge in [0, 0.05) is 15.9 Å². The predicted octanol–water partition coefficient (Wildman–Crippen LogP) is 3.58. The summed E-state index contributed by atoms with van der Waals surface area (Å²) in [7, 11) is 0. The van der Waals surface area contributed by atoms with Crippen LogP contribution in [0, 0.1) is 0 Å². The van der Waals surface area contributed by atoms with E-state index in [1.54, 1.807) is 6.07 Å². The molecule has 6 heteroatoms. The van der Waals surface area contributed by atoms with Gasteiger partial charge in [-0.25, -0.2) is 0 Å². The summed E-state index contributed by atoms with van der Waals surface area (Å²) in [4.78, 5) is 12.1. The van der Waals surface area contributed by atoms with E-state index in [-0.39, 0.29) is 22.0 Å². The minimum absolute atomic E-state index is 0.0349. The molecule has 19 heavy (non-hydrogen) atoms. The maximum absolute atomic E-state index is 12.1. The summed E-state index contributed by atoms with van der Waals surface area (Å²) in [5, 5.41) is 2.82. The highest BCUT2D eigenvalue weighted by atomic mass is 79.9. The van der Waals surface area contributed by atoms with Crippen LogP contribution in [0.4, 0.5) is 8.78 Å². The second-order valence-corrected chi connectivity index (χ2v) is 6.07. The van der Waals surface area contributed by atoms with Crippen molar-refractivity contribution in [1.82, 2.24) is 5.32 Å². The zero-order chi connectivity index (χ0) is 14.6. The smallest absolute Gasteiger partial charge is 0.387 e. The number of benzene rings is 1. The molecule has 1 atom stereocenters. The van der Waals surface area contributed by atoms with Gasteiger partial charge in [0.15, 0.2) is 0 Å². The number of rotatable bonds is 5. The Labute approximate surface area is 119 Å². The van der Waals surface area contributed by atoms with Crippen LogP contribution in [0.25, 0.3) is 0 Å². The summed E-state index contributed by atoms with van der Waals surface area (Å²) >= 11 is 3.41. The Morgan fingerprint density at radius 1 is 1.42 bits per heavy atom. The van der Waals surface area contributed by atoms with Crippen molar-refractivity contribution in [3.63, 3.8) is 0 Å². The first-order chi connectivity index (χ1) is 8.72. The summed E-state index contributed by atoms with van der Waals surface area (Å²) in [6.07, 6.45) is 0. The molecule has 0 aliphatic carbocycles. The third-order valence-electron chi connectivity index (χ3n) is 2.75. The zero-order valence-corrected chi connectivity index (χ0v) is 12.5. The van der Waals surface area contributed by atoms with Crippen LogP contribution < -0.4 is 10.1 Å². The van der Waals surface area contributed by atoms with Crippen molar-refractivity contribution in [2.24, 2.45) is 0 Å². The van der Waals surface area contributed by atoms with Crippen LogP contribution in [0.15, 0.2) is 24.3 Å². The van der Waals surface area contributed by atoms with E-state index in [0.717, 1.165) is 0 Å². The first-order valence-electron chi connectivity index (χ1n) is 5.74. The van der Waals surface area contributed by atoms with Crippen LogP contribution in [0.3, 0.4) is 0 Å². The van der Waals surface area contributed by atoms with Gasteiger partial charge in [-0.3, -0.25) is 4.79 Å². The Morgan fingerprint density at radius 3 is 2.58 bits per heavy atom. The molecule has 1 aromatic rings. The largest absolute Gasteiger partial charge is 0.435 e. The molecule has 0 fully saturated rings. The van der Waals surface area contributed by atoms with Crippen molar-refractivity contribution in [3.05, 3.63) is 29.8 Å². The summed E-state index contributed by atoms with van der Waals surface area (Å²) in [5.41, 5.74) is -0.184. The van der Waals surface area contributed by atoms with E-state index in [2.05, 4.69) is 26.0 Å². The maximum atomic E-state index is 12.1. The highest BCUT2D eigenvalue weighted by Crippen LogP contribution is 2.19. The summed E-state index contributed by atoms with van der Waals surface area (Å²) in [6, 6.07) is 5.71. The minimum atomic E-state index is -2.91. The molecular formula is C13H16BrF2NO2. The Kier molecular flexibility index (Phi) is 5.29. The van der Waals surface area contributed by atoms with Crippen LogP contribution in [-0.4, -0.2) is 22.9 Å². The SMILES string of the molecule is CC(Br)C(C)(C)NC(=O)c1cccc(OC(F)F)c1. The number of ether oxygens (including phenoxy) is 1. The zero-order valence-electron chi connectivity index (χ0n) is 10.9. The number of hydrogen-bond donors (Lipinski definition) is 1. The van der Waals surface area contributed by atoms with Gasteiger partial charge in [-0.2, -0.15) is 8.78 Å². The molecule has 0 aliphatic rings. The number of carbonyl (C=O) groups excluding carboxylic acids is 1. The number of amides is 1. The molecule has 1 amide bonds. The quantitative estimate of drug-likeness (QED) is 0.835. The van der Waals surface area contributed by atoms with Gasteiger partial charge in [-0.1, -0.05) is 28.9 Å². The molecule has 3 nitrogen and oxygen atoms in total. The van der Waals surface area contributed by atoms with Crippen LogP contribution >= 0.6 is 15.9 Å². The van der Waals surface area contributed by atoms with Gasteiger partial charge in [0.25, 0.3) is 5.91 Å². The third kappa shape index (κ3) is 4.78. The maximum Gasteiger partial charge on any atom is 0.387 e. The highest BCUT2D eigenvalue weighted by Gasteiger charge is 2.26. The van der Waals surface area contributed by atoms with Crippen molar-refractivity contribution in [2.75, 3.05) is 0 Å². The van der Waals surface area contributed by atoms with Crippen LogP contribution in [0.5, 0.6) is 5.75 Å². The van der Waals surface area contributed by atoms with Gasteiger partial charge < -0.3 is 10.1 Å². The van der Waals surface area contributed by atoms with Gasteiger partial charge in [0.1, 0.15) is 5.75 Å². The predicted molar refractivity (Wildman–Crippen MR) is 73.0 cm³/mol. The lowest BCUT2D eigenvalue weighted by Crippen LogP contribution is -2.48. The van der Waals surface area contributed by atoms with Crippen molar-refractivity contribution >= 4 is 21.8 Å². The molecule has 0 radical (unpaired) electrons. The molecular weight excluding hydrogens is 320 g/mol. The minimum Gasteiger partial charge on any atom is -0.435 e. The van der Waals surface area contributed by atoms with Gasteiger partial charge in [-0.15, -0.1) is 0 Å². The molecule has 0 saturated carbocycles. The lowest BCUT2D eigenvalue weighted by molar-refractivity contribution is -0.0498. The Hall–Kier alpha value is -1.17. The Bertz CT molecular complexity index is 450. The molecule has 106 valence electrons. The van der Waals surface area contributed by atoms with Gasteiger partial charge in [0.05, 0.1) is 0 Å². The number of hydrogen-bond acceptors (Lipinski definition) is 2. The number of alkyl halides is 3. The summed E-state index contributed by atoms with van der Waals surface area (Å²) < 4.78 is 28.5. The Morgan fingerprint density at radius 2 is 2.05 bits per heavy atom. The molecule has 0 aliphatic heterocycles. The van der Waals surface area contributed by atoms with E-state index in [1.807, 2.05) is 20.8 Å². The molecule has 0 saturated heterocycles. The molecule has 0 heterocycles. The molecule has 0 spiro atoms. The van der Waals surface area contributed by atoms with E-state index in [1.165, 1.54) is 18.2 Å². The van der Waals surface area contributed by atoms with E-state index in [4.69, 9.17) is 0 Å². The fourth-order valence-corrected chi connectivity index (χ4v) is 1.39. The molecule has 1 rings (SSSR count). The molecule has 0 bridgehead atoms. The summed E-state index contributed by atoms with van der Waals surface area (Å²) in [6.45, 7) is 2.74. The number of nitrogens with one attached hydrogen (secondary N) is 1. The van der Waals surface area contributed by atoms with Crippen molar-refractivity contribution < 1.29 is 18.3 Å². The average Bonchev–Trinajstić information content (AvgIpc) is 2.27. The normalized spacial score (nSPS) is 13.2. The monoisotopic (exact) mass is 335 g/mol. The molecule has 1 aromatic carbocycles. The lowest BCUT2D eigenvalue weighted by Gasteiger charge is -2.29. The number of carbonyl (C=O) groups is 1. The number of halogens is 3.